The SMILES string of the molecule is Cn1cccc1C(=O)NCCC(=N)N. The molecule has 1 heterocycles. The summed E-state index contributed by atoms with van der Waals surface area (Å²) in [4.78, 5) is 11.5. The van der Waals surface area contributed by atoms with Gasteiger partial charge in [0.1, 0.15) is 5.69 Å². The van der Waals surface area contributed by atoms with E-state index in [1.54, 1.807) is 29.9 Å². The Balaban J connectivity index is 2.44. The van der Waals surface area contributed by atoms with Crippen LogP contribution in [-0.2, 0) is 7.05 Å². The number of hydrogen-bond donors (Lipinski definition) is 3. The molecule has 5 heteroatoms. The lowest BCUT2D eigenvalue weighted by molar-refractivity contribution is 0.0946. The zero-order valence-corrected chi connectivity index (χ0v) is 8.08. The number of hydrogen-bond acceptors (Lipinski definition) is 2. The predicted molar refractivity (Wildman–Crippen MR) is 54.3 cm³/mol. The molecule has 0 bridgehead atoms. The minimum atomic E-state index is -0.140. The van der Waals surface area contributed by atoms with Gasteiger partial charge in [0.25, 0.3) is 5.91 Å². The number of carbonyl (C=O) groups excluding carboxylic acids is 1. The number of carbonyl (C=O) groups is 1. The van der Waals surface area contributed by atoms with Crippen LogP contribution in [0.3, 0.4) is 0 Å². The number of amides is 1. The van der Waals surface area contributed by atoms with Crippen LogP contribution < -0.4 is 11.1 Å². The molecule has 0 saturated carbocycles. The maximum absolute atomic E-state index is 11.5. The van der Waals surface area contributed by atoms with Crippen LogP contribution in [0.2, 0.25) is 0 Å². The number of nitrogens with zero attached hydrogens (tertiary/aromatic N) is 1. The van der Waals surface area contributed by atoms with Gasteiger partial charge in [-0.2, -0.15) is 0 Å². The van der Waals surface area contributed by atoms with Crippen LogP contribution >= 0.6 is 0 Å². The summed E-state index contributed by atoms with van der Waals surface area (Å²) in [7, 11) is 1.81. The molecule has 5 nitrogen and oxygen atoms in total. The molecule has 1 aromatic rings. The average Bonchev–Trinajstić information content (AvgIpc) is 2.50. The fraction of sp³-hybridized carbons (Fsp3) is 0.333. The molecule has 4 N–H and O–H groups in total. The molecular weight excluding hydrogens is 180 g/mol. The van der Waals surface area contributed by atoms with Crippen LogP contribution in [0.25, 0.3) is 0 Å². The highest BCUT2D eigenvalue weighted by atomic mass is 16.1. The predicted octanol–water partition coefficient (Wildman–Crippen LogP) is 0.0810. The van der Waals surface area contributed by atoms with Gasteiger partial charge in [0.2, 0.25) is 0 Å². The summed E-state index contributed by atoms with van der Waals surface area (Å²) in [6.45, 7) is 0.402. The number of nitrogens with two attached hydrogens (primary N) is 1. The molecule has 0 aromatic carbocycles. The van der Waals surface area contributed by atoms with Crippen LogP contribution in [0.4, 0.5) is 0 Å². The largest absolute Gasteiger partial charge is 0.388 e. The Morgan fingerprint density at radius 2 is 2.43 bits per heavy atom. The van der Waals surface area contributed by atoms with Gasteiger partial charge in [0.05, 0.1) is 5.84 Å². The van der Waals surface area contributed by atoms with Crippen molar-refractivity contribution < 1.29 is 4.79 Å². The molecule has 0 saturated heterocycles. The van der Waals surface area contributed by atoms with Crippen molar-refractivity contribution in [3.05, 3.63) is 24.0 Å². The van der Waals surface area contributed by atoms with Gasteiger partial charge in [0.15, 0.2) is 0 Å². The first-order chi connectivity index (χ1) is 6.61. The van der Waals surface area contributed by atoms with Gasteiger partial charge in [-0.3, -0.25) is 10.2 Å². The van der Waals surface area contributed by atoms with Crippen molar-refractivity contribution in [1.29, 1.82) is 5.41 Å². The van der Waals surface area contributed by atoms with Gasteiger partial charge >= 0.3 is 0 Å². The van der Waals surface area contributed by atoms with E-state index in [-0.39, 0.29) is 11.7 Å². The third kappa shape index (κ3) is 2.62. The molecule has 1 rings (SSSR count). The fourth-order valence-corrected chi connectivity index (χ4v) is 1.10. The Bertz CT molecular complexity index is 342. The van der Waals surface area contributed by atoms with Gasteiger partial charge < -0.3 is 15.6 Å². The lowest BCUT2D eigenvalue weighted by Gasteiger charge is -2.04. The van der Waals surface area contributed by atoms with Crippen molar-refractivity contribution in [2.24, 2.45) is 12.8 Å². The van der Waals surface area contributed by atoms with Crippen molar-refractivity contribution in [3.8, 4) is 0 Å². The summed E-state index contributed by atoms with van der Waals surface area (Å²) in [6.07, 6.45) is 2.19. The molecule has 0 radical (unpaired) electrons. The number of nitrogens with one attached hydrogen (secondary N) is 2. The second-order valence-corrected chi connectivity index (χ2v) is 3.04. The summed E-state index contributed by atoms with van der Waals surface area (Å²) >= 11 is 0. The van der Waals surface area contributed by atoms with E-state index in [1.807, 2.05) is 0 Å². The van der Waals surface area contributed by atoms with Crippen molar-refractivity contribution in [2.75, 3.05) is 6.54 Å². The third-order valence-corrected chi connectivity index (χ3v) is 1.86. The highest BCUT2D eigenvalue weighted by molar-refractivity contribution is 5.92. The highest BCUT2D eigenvalue weighted by Crippen LogP contribution is 1.98. The van der Waals surface area contributed by atoms with Crippen LogP contribution in [0.5, 0.6) is 0 Å². The molecule has 14 heavy (non-hydrogen) atoms. The standard InChI is InChI=1S/C9H14N4O/c1-13-6-2-3-7(13)9(14)12-5-4-8(10)11/h2-3,6H,4-5H2,1H3,(H3,10,11)(H,12,14). The van der Waals surface area contributed by atoms with Crippen LogP contribution in [-0.4, -0.2) is 22.9 Å². The third-order valence-electron chi connectivity index (χ3n) is 1.86. The lowest BCUT2D eigenvalue weighted by Crippen LogP contribution is -2.28. The monoisotopic (exact) mass is 194 g/mol. The van der Waals surface area contributed by atoms with E-state index >= 15 is 0 Å². The van der Waals surface area contributed by atoms with Crippen LogP contribution in [0.1, 0.15) is 16.9 Å². The summed E-state index contributed by atoms with van der Waals surface area (Å²) in [5.74, 6) is -0.0593. The van der Waals surface area contributed by atoms with E-state index in [9.17, 15) is 4.79 Å². The molecule has 1 aromatic heterocycles. The van der Waals surface area contributed by atoms with Gasteiger partial charge in [-0.05, 0) is 12.1 Å². The first-order valence-electron chi connectivity index (χ1n) is 4.33. The normalized spacial score (nSPS) is 9.79. The van der Waals surface area contributed by atoms with Gasteiger partial charge in [-0.1, -0.05) is 0 Å². The molecule has 0 aliphatic carbocycles. The number of rotatable bonds is 4. The molecule has 0 unspecified atom stereocenters. The average molecular weight is 194 g/mol. The Kier molecular flexibility index (Phi) is 3.28. The van der Waals surface area contributed by atoms with Gasteiger partial charge in [-0.25, -0.2) is 0 Å². The highest BCUT2D eigenvalue weighted by Gasteiger charge is 2.07. The van der Waals surface area contributed by atoms with E-state index in [2.05, 4.69) is 5.32 Å². The Morgan fingerprint density at radius 1 is 1.71 bits per heavy atom. The summed E-state index contributed by atoms with van der Waals surface area (Å²) in [5, 5.41) is 9.65. The summed E-state index contributed by atoms with van der Waals surface area (Å²) < 4.78 is 1.74. The fourth-order valence-electron chi connectivity index (χ4n) is 1.10. The van der Waals surface area contributed by atoms with Crippen molar-refractivity contribution in [3.63, 3.8) is 0 Å². The first-order valence-corrected chi connectivity index (χ1v) is 4.33. The van der Waals surface area contributed by atoms with Crippen molar-refractivity contribution >= 4 is 11.7 Å². The molecule has 0 aliphatic rings. The van der Waals surface area contributed by atoms with Gasteiger partial charge in [0, 0.05) is 26.2 Å². The second kappa shape index (κ2) is 4.45. The topological polar surface area (TPSA) is 83.9 Å². The van der Waals surface area contributed by atoms with Crippen LogP contribution in [0, 0.1) is 5.41 Å². The van der Waals surface area contributed by atoms with E-state index in [0.29, 0.717) is 18.7 Å². The molecule has 0 spiro atoms. The number of aromatic nitrogens is 1. The molecular formula is C9H14N4O. The second-order valence-electron chi connectivity index (χ2n) is 3.04. The molecule has 0 fully saturated rings. The van der Waals surface area contributed by atoms with Crippen LogP contribution in [0.15, 0.2) is 18.3 Å². The van der Waals surface area contributed by atoms with E-state index < -0.39 is 0 Å². The van der Waals surface area contributed by atoms with Crippen molar-refractivity contribution in [2.45, 2.75) is 6.42 Å². The quantitative estimate of drug-likeness (QED) is 0.468. The maximum Gasteiger partial charge on any atom is 0.267 e. The maximum atomic E-state index is 11.5. The zero-order valence-electron chi connectivity index (χ0n) is 8.08. The van der Waals surface area contributed by atoms with Crippen molar-refractivity contribution in [1.82, 2.24) is 9.88 Å². The Hall–Kier alpha value is -1.78. The lowest BCUT2D eigenvalue weighted by atomic mass is 10.3. The Labute approximate surface area is 82.4 Å². The van der Waals surface area contributed by atoms with E-state index in [1.165, 1.54) is 0 Å². The molecule has 0 atom stereocenters. The van der Waals surface area contributed by atoms with E-state index in [4.69, 9.17) is 11.1 Å². The molecule has 1 amide bonds. The van der Waals surface area contributed by atoms with Gasteiger partial charge in [-0.15, -0.1) is 0 Å². The molecule has 0 aliphatic heterocycles. The minimum Gasteiger partial charge on any atom is -0.388 e. The Morgan fingerprint density at radius 3 is 2.93 bits per heavy atom. The number of amidine groups is 1. The smallest absolute Gasteiger partial charge is 0.267 e. The molecule has 76 valence electrons. The summed E-state index contributed by atoms with van der Waals surface area (Å²) in [5.41, 5.74) is 5.76. The first kappa shape index (κ1) is 10.3. The van der Waals surface area contributed by atoms with E-state index in [0.717, 1.165) is 0 Å². The minimum absolute atomic E-state index is 0.0807. The zero-order chi connectivity index (χ0) is 10.6. The number of aryl methyl sites for hydroxylation is 1. The summed E-state index contributed by atoms with van der Waals surface area (Å²) in [6, 6.07) is 3.54.